The highest BCUT2D eigenvalue weighted by molar-refractivity contribution is 5.93. The number of aromatic nitrogens is 2. The van der Waals surface area contributed by atoms with Gasteiger partial charge in [-0.25, -0.2) is 4.98 Å². The lowest BCUT2D eigenvalue weighted by Gasteiger charge is -2.23. The summed E-state index contributed by atoms with van der Waals surface area (Å²) in [7, 11) is 1.89. The molecule has 1 spiro atoms. The summed E-state index contributed by atoms with van der Waals surface area (Å²) < 4.78 is 13.8. The summed E-state index contributed by atoms with van der Waals surface area (Å²) in [6.07, 6.45) is 5.25. The molecule has 2 aromatic heterocycles. The number of carbonyl (C=O) groups is 1. The third kappa shape index (κ3) is 2.78. The topological polar surface area (TPSA) is 56.6 Å². The zero-order valence-electron chi connectivity index (χ0n) is 13.7. The molecule has 126 valence electrons. The highest BCUT2D eigenvalue weighted by Crippen LogP contribution is 2.36. The number of likely N-dealkylation sites (tertiary alicyclic amines) is 1. The van der Waals surface area contributed by atoms with E-state index in [1.807, 2.05) is 53.0 Å². The van der Waals surface area contributed by atoms with Crippen molar-refractivity contribution in [2.45, 2.75) is 24.5 Å². The van der Waals surface area contributed by atoms with Gasteiger partial charge >= 0.3 is 0 Å². The maximum atomic E-state index is 12.6. The molecule has 0 bridgehead atoms. The molecule has 0 radical (unpaired) electrons. The first-order valence-electron chi connectivity index (χ1n) is 8.27. The van der Waals surface area contributed by atoms with Crippen LogP contribution in [0.3, 0.4) is 0 Å². The first-order valence-corrected chi connectivity index (χ1v) is 8.27. The third-order valence-corrected chi connectivity index (χ3v) is 4.87. The van der Waals surface area contributed by atoms with E-state index < -0.39 is 0 Å². The molecule has 0 saturated carbocycles. The van der Waals surface area contributed by atoms with E-state index in [0.717, 1.165) is 19.4 Å². The van der Waals surface area contributed by atoms with Crippen LogP contribution in [0.4, 0.5) is 0 Å². The molecule has 4 rings (SSSR count). The fourth-order valence-corrected chi connectivity index (χ4v) is 3.61. The molecule has 0 aliphatic carbocycles. The average molecular weight is 327 g/mol. The third-order valence-electron chi connectivity index (χ3n) is 4.87. The van der Waals surface area contributed by atoms with Gasteiger partial charge < -0.3 is 18.9 Å². The molecule has 1 amide bonds. The number of aryl methyl sites for hydroxylation is 1. The van der Waals surface area contributed by atoms with E-state index in [4.69, 9.17) is 9.47 Å². The van der Waals surface area contributed by atoms with Gasteiger partial charge in [0.25, 0.3) is 5.91 Å². The lowest BCUT2D eigenvalue weighted by Crippen LogP contribution is -2.36. The lowest BCUT2D eigenvalue weighted by atomic mass is 9.98. The van der Waals surface area contributed by atoms with Crippen LogP contribution in [-0.4, -0.2) is 51.8 Å². The van der Waals surface area contributed by atoms with Gasteiger partial charge in [0.2, 0.25) is 5.88 Å². The Hall–Kier alpha value is -2.34. The van der Waals surface area contributed by atoms with E-state index in [0.29, 0.717) is 24.7 Å². The molecule has 2 saturated heterocycles. The summed E-state index contributed by atoms with van der Waals surface area (Å²) in [5.41, 5.74) is 0.437. The average Bonchev–Trinajstić information content (AvgIpc) is 3.30. The van der Waals surface area contributed by atoms with E-state index >= 15 is 0 Å². The van der Waals surface area contributed by atoms with Crippen molar-refractivity contribution in [3.05, 3.63) is 48.4 Å². The van der Waals surface area contributed by atoms with Crippen molar-refractivity contribution in [2.24, 2.45) is 7.05 Å². The number of amides is 1. The highest BCUT2D eigenvalue weighted by atomic mass is 16.6. The number of ether oxygens (including phenoxy) is 2. The van der Waals surface area contributed by atoms with E-state index in [-0.39, 0.29) is 17.6 Å². The van der Waals surface area contributed by atoms with Gasteiger partial charge in [0.1, 0.15) is 11.8 Å². The van der Waals surface area contributed by atoms with E-state index in [9.17, 15) is 4.79 Å². The number of rotatable bonds is 3. The number of carbonyl (C=O) groups excluding carboxylic acids is 1. The van der Waals surface area contributed by atoms with E-state index in [1.165, 1.54) is 0 Å². The second-order valence-electron chi connectivity index (χ2n) is 6.59. The molecule has 2 aliphatic rings. The maximum absolute atomic E-state index is 12.6. The molecule has 0 unspecified atom stereocenters. The van der Waals surface area contributed by atoms with Gasteiger partial charge in [0.15, 0.2) is 0 Å². The van der Waals surface area contributed by atoms with Crippen LogP contribution in [-0.2, 0) is 11.8 Å². The van der Waals surface area contributed by atoms with Crippen LogP contribution >= 0.6 is 0 Å². The van der Waals surface area contributed by atoms with Crippen LogP contribution in [0.25, 0.3) is 0 Å². The Labute approximate surface area is 141 Å². The number of nitrogens with zero attached hydrogens (tertiary/aromatic N) is 3. The van der Waals surface area contributed by atoms with Crippen LogP contribution in [0.5, 0.6) is 5.88 Å². The Kier molecular flexibility index (Phi) is 3.76. The SMILES string of the molecule is Cn1cccc1C(=O)N1CC[C@@]2(C[C@@H](Oc3ccccn3)CO2)C1. The van der Waals surface area contributed by atoms with Gasteiger partial charge in [0.05, 0.1) is 18.8 Å². The van der Waals surface area contributed by atoms with Crippen LogP contribution in [0.2, 0.25) is 0 Å². The first-order chi connectivity index (χ1) is 11.7. The summed E-state index contributed by atoms with van der Waals surface area (Å²) in [5, 5.41) is 0. The van der Waals surface area contributed by atoms with Gasteiger partial charge in [-0.15, -0.1) is 0 Å². The van der Waals surface area contributed by atoms with Crippen LogP contribution in [0, 0.1) is 0 Å². The maximum Gasteiger partial charge on any atom is 0.270 e. The van der Waals surface area contributed by atoms with Crippen molar-refractivity contribution in [3.8, 4) is 5.88 Å². The Bertz CT molecular complexity index is 730. The molecule has 4 heterocycles. The summed E-state index contributed by atoms with van der Waals surface area (Å²) >= 11 is 0. The number of hydrogen-bond donors (Lipinski definition) is 0. The Morgan fingerprint density at radius 2 is 2.29 bits per heavy atom. The molecular weight excluding hydrogens is 306 g/mol. The summed E-state index contributed by atoms with van der Waals surface area (Å²) in [6.45, 7) is 1.89. The molecule has 6 nitrogen and oxygen atoms in total. The normalized spacial score (nSPS) is 26.2. The number of pyridine rings is 1. The quantitative estimate of drug-likeness (QED) is 0.864. The Morgan fingerprint density at radius 3 is 3.04 bits per heavy atom. The van der Waals surface area contributed by atoms with Gasteiger partial charge in [-0.2, -0.15) is 0 Å². The Morgan fingerprint density at radius 1 is 1.38 bits per heavy atom. The van der Waals surface area contributed by atoms with Crippen molar-refractivity contribution in [1.82, 2.24) is 14.5 Å². The molecule has 24 heavy (non-hydrogen) atoms. The van der Waals surface area contributed by atoms with Crippen LogP contribution < -0.4 is 4.74 Å². The minimum absolute atomic E-state index is 0.00927. The molecule has 2 aliphatic heterocycles. The van der Waals surface area contributed by atoms with Gasteiger partial charge in [0, 0.05) is 38.5 Å². The predicted octanol–water partition coefficient (Wildman–Crippen LogP) is 1.87. The van der Waals surface area contributed by atoms with E-state index in [2.05, 4.69) is 4.98 Å². The summed E-state index contributed by atoms with van der Waals surface area (Å²) in [4.78, 5) is 18.7. The molecule has 0 N–H and O–H groups in total. The monoisotopic (exact) mass is 327 g/mol. The first kappa shape index (κ1) is 15.2. The predicted molar refractivity (Wildman–Crippen MR) is 87.9 cm³/mol. The standard InChI is InChI=1S/C18H21N3O3/c1-20-9-4-5-15(20)17(22)21-10-7-18(13-21)11-14(12-23-18)24-16-6-2-3-8-19-16/h2-6,8-9,14H,7,10-13H2,1H3/t14-,18-/m1/s1. The molecule has 2 atom stereocenters. The van der Waals surface area contributed by atoms with Gasteiger partial charge in [-0.3, -0.25) is 4.79 Å². The molecule has 6 heteroatoms. The molecule has 0 aromatic carbocycles. The zero-order chi connectivity index (χ0) is 16.6. The smallest absolute Gasteiger partial charge is 0.270 e. The van der Waals surface area contributed by atoms with Crippen molar-refractivity contribution in [2.75, 3.05) is 19.7 Å². The zero-order valence-corrected chi connectivity index (χ0v) is 13.7. The van der Waals surface area contributed by atoms with Crippen LogP contribution in [0.1, 0.15) is 23.3 Å². The van der Waals surface area contributed by atoms with Gasteiger partial charge in [-0.1, -0.05) is 6.07 Å². The summed E-state index contributed by atoms with van der Waals surface area (Å²) in [5.74, 6) is 0.690. The molecule has 2 fully saturated rings. The minimum atomic E-state index is -0.278. The van der Waals surface area contributed by atoms with Crippen molar-refractivity contribution >= 4 is 5.91 Å². The molecular formula is C18H21N3O3. The van der Waals surface area contributed by atoms with E-state index in [1.54, 1.807) is 6.20 Å². The van der Waals surface area contributed by atoms with Gasteiger partial charge in [-0.05, 0) is 24.6 Å². The van der Waals surface area contributed by atoms with Crippen molar-refractivity contribution in [3.63, 3.8) is 0 Å². The highest BCUT2D eigenvalue weighted by Gasteiger charge is 2.47. The van der Waals surface area contributed by atoms with Crippen LogP contribution in [0.15, 0.2) is 42.7 Å². The number of hydrogen-bond acceptors (Lipinski definition) is 4. The van der Waals surface area contributed by atoms with Crippen molar-refractivity contribution < 1.29 is 14.3 Å². The second kappa shape index (κ2) is 5.94. The molecule has 2 aromatic rings. The lowest BCUT2D eigenvalue weighted by molar-refractivity contribution is 0.00976. The Balaban J connectivity index is 1.40. The minimum Gasteiger partial charge on any atom is -0.472 e. The fourth-order valence-electron chi connectivity index (χ4n) is 3.61. The summed E-state index contributed by atoms with van der Waals surface area (Å²) in [6, 6.07) is 9.37. The fraction of sp³-hybridized carbons (Fsp3) is 0.444. The second-order valence-corrected chi connectivity index (χ2v) is 6.59. The largest absolute Gasteiger partial charge is 0.472 e. The van der Waals surface area contributed by atoms with Crippen molar-refractivity contribution in [1.29, 1.82) is 0 Å².